The van der Waals surface area contributed by atoms with Crippen molar-refractivity contribution in [1.29, 1.82) is 0 Å². The van der Waals surface area contributed by atoms with Crippen LogP contribution in [0.5, 0.6) is 0 Å². The number of hydrogen-bond acceptors (Lipinski definition) is 4. The highest BCUT2D eigenvalue weighted by Crippen LogP contribution is 2.31. The summed E-state index contributed by atoms with van der Waals surface area (Å²) in [5, 5.41) is 3.09. The van der Waals surface area contributed by atoms with E-state index in [4.69, 9.17) is 0 Å². The van der Waals surface area contributed by atoms with Crippen LogP contribution in [0.3, 0.4) is 0 Å². The SMILES string of the molecule is CCc1ccc(N2C(=O)CN(S(C)(=O)=O)C[C@]2(C)C(=O)NC2CCCCC2)cc1. The highest BCUT2D eigenvalue weighted by molar-refractivity contribution is 7.88. The van der Waals surface area contributed by atoms with Crippen molar-refractivity contribution in [2.75, 3.05) is 24.2 Å². The van der Waals surface area contributed by atoms with Gasteiger partial charge in [-0.2, -0.15) is 4.31 Å². The first-order chi connectivity index (χ1) is 13.6. The van der Waals surface area contributed by atoms with Crippen molar-refractivity contribution in [2.24, 2.45) is 0 Å². The van der Waals surface area contributed by atoms with Gasteiger partial charge in [0.15, 0.2) is 0 Å². The predicted octanol–water partition coefficient (Wildman–Crippen LogP) is 2.06. The molecule has 1 aromatic rings. The zero-order valence-corrected chi connectivity index (χ0v) is 18.3. The molecule has 0 spiro atoms. The second-order valence-electron chi connectivity index (χ2n) is 8.36. The van der Waals surface area contributed by atoms with Crippen molar-refractivity contribution < 1.29 is 18.0 Å². The Bertz CT molecular complexity index is 862. The Balaban J connectivity index is 1.96. The topological polar surface area (TPSA) is 86.8 Å². The number of aryl methyl sites for hydroxylation is 1. The summed E-state index contributed by atoms with van der Waals surface area (Å²) in [6.07, 6.45) is 7.07. The number of piperazine rings is 1. The number of anilines is 1. The van der Waals surface area contributed by atoms with E-state index in [1.807, 2.05) is 31.2 Å². The molecule has 1 saturated heterocycles. The van der Waals surface area contributed by atoms with E-state index in [2.05, 4.69) is 5.32 Å². The molecule has 1 N–H and O–H groups in total. The summed E-state index contributed by atoms with van der Waals surface area (Å²) in [7, 11) is -3.61. The van der Waals surface area contributed by atoms with E-state index < -0.39 is 21.5 Å². The molecule has 1 aliphatic carbocycles. The van der Waals surface area contributed by atoms with Gasteiger partial charge >= 0.3 is 0 Å². The van der Waals surface area contributed by atoms with Gasteiger partial charge in [0.1, 0.15) is 5.54 Å². The van der Waals surface area contributed by atoms with Crippen LogP contribution in [0.15, 0.2) is 24.3 Å². The fourth-order valence-electron chi connectivity index (χ4n) is 4.27. The van der Waals surface area contributed by atoms with Gasteiger partial charge in [-0.1, -0.05) is 38.3 Å². The number of sulfonamides is 1. The number of rotatable bonds is 5. The van der Waals surface area contributed by atoms with Crippen LogP contribution in [0, 0.1) is 0 Å². The summed E-state index contributed by atoms with van der Waals surface area (Å²) in [5.41, 5.74) is 0.426. The van der Waals surface area contributed by atoms with Crippen LogP contribution in [-0.2, 0) is 26.0 Å². The fraction of sp³-hybridized carbons (Fsp3) is 0.619. The van der Waals surface area contributed by atoms with Gasteiger partial charge in [-0.25, -0.2) is 8.42 Å². The quantitative estimate of drug-likeness (QED) is 0.788. The maximum atomic E-state index is 13.4. The van der Waals surface area contributed by atoms with Crippen LogP contribution in [0.25, 0.3) is 0 Å². The average Bonchev–Trinajstić information content (AvgIpc) is 2.68. The molecule has 1 heterocycles. The number of carbonyl (C=O) groups is 2. The lowest BCUT2D eigenvalue weighted by Gasteiger charge is -2.47. The van der Waals surface area contributed by atoms with E-state index in [0.29, 0.717) is 5.69 Å². The van der Waals surface area contributed by atoms with Gasteiger partial charge in [0.2, 0.25) is 21.8 Å². The molecule has 1 atom stereocenters. The average molecular weight is 422 g/mol. The molecule has 0 radical (unpaired) electrons. The van der Waals surface area contributed by atoms with Crippen LogP contribution in [0.4, 0.5) is 5.69 Å². The summed E-state index contributed by atoms with van der Waals surface area (Å²) in [6.45, 7) is 3.38. The van der Waals surface area contributed by atoms with E-state index >= 15 is 0 Å². The minimum Gasteiger partial charge on any atom is -0.351 e. The molecule has 2 amide bonds. The molecule has 8 heteroatoms. The number of nitrogens with one attached hydrogen (secondary N) is 1. The highest BCUT2D eigenvalue weighted by Gasteiger charge is 2.50. The monoisotopic (exact) mass is 421 g/mol. The molecular weight excluding hydrogens is 390 g/mol. The van der Waals surface area contributed by atoms with Gasteiger partial charge in [-0.05, 0) is 43.9 Å². The minimum atomic E-state index is -3.61. The number of benzene rings is 1. The lowest BCUT2D eigenvalue weighted by molar-refractivity contribution is -0.133. The number of carbonyl (C=O) groups excluding carboxylic acids is 2. The second kappa shape index (κ2) is 8.44. The molecule has 29 heavy (non-hydrogen) atoms. The van der Waals surface area contributed by atoms with Crippen LogP contribution in [0.2, 0.25) is 0 Å². The first-order valence-corrected chi connectivity index (χ1v) is 12.2. The van der Waals surface area contributed by atoms with Crippen molar-refractivity contribution in [3.63, 3.8) is 0 Å². The first kappa shape index (κ1) is 21.8. The van der Waals surface area contributed by atoms with Crippen LogP contribution in [0.1, 0.15) is 51.5 Å². The Labute approximate surface area is 173 Å². The predicted molar refractivity (Wildman–Crippen MR) is 113 cm³/mol. The van der Waals surface area contributed by atoms with E-state index in [1.165, 1.54) is 11.3 Å². The summed E-state index contributed by atoms with van der Waals surface area (Å²) >= 11 is 0. The summed E-state index contributed by atoms with van der Waals surface area (Å²) in [5.74, 6) is -0.696. The summed E-state index contributed by atoms with van der Waals surface area (Å²) in [6, 6.07) is 7.61. The fourth-order valence-corrected chi connectivity index (χ4v) is 5.10. The van der Waals surface area contributed by atoms with E-state index in [1.54, 1.807) is 6.92 Å². The smallest absolute Gasteiger partial charge is 0.247 e. The molecule has 1 aliphatic heterocycles. The Morgan fingerprint density at radius 1 is 1.17 bits per heavy atom. The molecule has 0 unspecified atom stereocenters. The van der Waals surface area contributed by atoms with Gasteiger partial charge in [0.05, 0.1) is 12.8 Å². The molecule has 2 aliphatic rings. The highest BCUT2D eigenvalue weighted by atomic mass is 32.2. The van der Waals surface area contributed by atoms with Crippen molar-refractivity contribution in [3.05, 3.63) is 29.8 Å². The molecular formula is C21H31N3O4S. The van der Waals surface area contributed by atoms with Crippen LogP contribution in [-0.4, -0.2) is 55.5 Å². The van der Waals surface area contributed by atoms with Gasteiger partial charge in [0.25, 0.3) is 0 Å². The Kier molecular flexibility index (Phi) is 6.33. The molecule has 1 aromatic carbocycles. The molecule has 160 valence electrons. The lowest BCUT2D eigenvalue weighted by Crippen LogP contribution is -2.70. The van der Waals surface area contributed by atoms with E-state index in [0.717, 1.165) is 48.2 Å². The molecule has 0 aromatic heterocycles. The van der Waals surface area contributed by atoms with Gasteiger partial charge in [0, 0.05) is 18.3 Å². The van der Waals surface area contributed by atoms with Crippen LogP contribution < -0.4 is 10.2 Å². The third kappa shape index (κ3) is 4.64. The van der Waals surface area contributed by atoms with E-state index in [9.17, 15) is 18.0 Å². The van der Waals surface area contributed by atoms with Crippen molar-refractivity contribution in [1.82, 2.24) is 9.62 Å². The first-order valence-electron chi connectivity index (χ1n) is 10.3. The Hall–Kier alpha value is -1.93. The standard InChI is InChI=1S/C21H31N3O4S/c1-4-16-10-12-18(13-11-16)24-19(25)14-23(29(3,27)28)15-21(24,2)20(26)22-17-8-6-5-7-9-17/h10-13,17H,4-9,14-15H2,1-3H3,(H,22,26)/t21-/m1/s1. The van der Waals surface area contributed by atoms with Gasteiger partial charge < -0.3 is 5.32 Å². The minimum absolute atomic E-state index is 0.0638. The molecule has 3 rings (SSSR count). The molecule has 2 fully saturated rings. The largest absolute Gasteiger partial charge is 0.351 e. The zero-order valence-electron chi connectivity index (χ0n) is 17.5. The number of nitrogens with zero attached hydrogens (tertiary/aromatic N) is 2. The maximum absolute atomic E-state index is 13.4. The zero-order chi connectivity index (χ0) is 21.2. The van der Waals surface area contributed by atoms with E-state index in [-0.39, 0.29) is 25.0 Å². The number of hydrogen-bond donors (Lipinski definition) is 1. The normalized spacial score (nSPS) is 24.5. The Morgan fingerprint density at radius 3 is 2.34 bits per heavy atom. The maximum Gasteiger partial charge on any atom is 0.247 e. The third-order valence-electron chi connectivity index (χ3n) is 6.04. The van der Waals surface area contributed by atoms with Gasteiger partial charge in [-0.15, -0.1) is 0 Å². The molecule has 1 saturated carbocycles. The second-order valence-corrected chi connectivity index (χ2v) is 10.3. The third-order valence-corrected chi connectivity index (χ3v) is 7.24. The van der Waals surface area contributed by atoms with Crippen molar-refractivity contribution in [3.8, 4) is 0 Å². The lowest BCUT2D eigenvalue weighted by atomic mass is 9.91. The number of amides is 2. The molecule has 7 nitrogen and oxygen atoms in total. The van der Waals surface area contributed by atoms with Crippen molar-refractivity contribution in [2.45, 2.75) is 64.0 Å². The Morgan fingerprint density at radius 2 is 1.79 bits per heavy atom. The summed E-state index contributed by atoms with van der Waals surface area (Å²) in [4.78, 5) is 27.9. The van der Waals surface area contributed by atoms with Gasteiger partial charge in [-0.3, -0.25) is 14.5 Å². The van der Waals surface area contributed by atoms with Crippen LogP contribution >= 0.6 is 0 Å². The summed E-state index contributed by atoms with van der Waals surface area (Å²) < 4.78 is 25.5. The van der Waals surface area contributed by atoms with Crippen molar-refractivity contribution >= 4 is 27.5 Å². The molecule has 0 bridgehead atoms.